The number of hydrogen-bond acceptors (Lipinski definition) is 7. The van der Waals surface area contributed by atoms with E-state index in [1.165, 1.54) is 0 Å². The monoisotopic (exact) mass is 666 g/mol. The number of amides is 2. The molecule has 9 nitrogen and oxygen atoms in total. The number of aliphatic hydroxyl groups excluding tert-OH is 1. The van der Waals surface area contributed by atoms with Gasteiger partial charge in [-0.25, -0.2) is 4.79 Å². The van der Waals surface area contributed by atoms with Crippen molar-refractivity contribution in [2.45, 2.75) is 109 Å². The molecule has 0 radical (unpaired) electrons. The van der Waals surface area contributed by atoms with Crippen LogP contribution in [0.25, 0.3) is 0 Å². The molecule has 1 heterocycles. The van der Waals surface area contributed by atoms with Crippen molar-refractivity contribution < 1.29 is 34.1 Å². The molecule has 4 aliphatic carbocycles. The molecular weight excluding hydrogens is 616 g/mol. The fourth-order valence-corrected chi connectivity index (χ4v) is 10.0. The fourth-order valence-electron chi connectivity index (χ4n) is 9.84. The molecule has 0 bridgehead atoms. The predicted octanol–water partition coefficient (Wildman–Crippen LogP) is 3.79. The maximum absolute atomic E-state index is 12.4. The number of unbranched alkanes of at least 4 members (excludes halogenated alkanes) is 2. The molecule has 0 aromatic rings. The molecule has 0 aromatic heterocycles. The smallest absolute Gasteiger partial charge is 0.331 e. The lowest BCUT2D eigenvalue weighted by Crippen LogP contribution is -2.67. The van der Waals surface area contributed by atoms with Gasteiger partial charge in [0.05, 0.1) is 17.8 Å². The van der Waals surface area contributed by atoms with E-state index >= 15 is 0 Å². The Kier molecular flexibility index (Phi) is 10.3. The Labute approximate surface area is 264 Å². The first kappa shape index (κ1) is 32.9. The van der Waals surface area contributed by atoms with Gasteiger partial charge < -0.3 is 30.3 Å². The summed E-state index contributed by atoms with van der Waals surface area (Å²) < 4.78 is 11.3. The number of nitrogens with one attached hydrogen (secondary N) is 2. The average Bonchev–Trinajstić information content (AvgIpc) is 3.53. The Hall–Kier alpha value is -1.49. The third-order valence-corrected chi connectivity index (χ3v) is 12.7. The minimum atomic E-state index is -0.967. The van der Waals surface area contributed by atoms with Crippen LogP contribution >= 0.6 is 15.9 Å². The topological polar surface area (TPSA) is 134 Å². The number of carbonyl (C=O) groups is 3. The molecule has 9 atom stereocenters. The zero-order valence-corrected chi connectivity index (χ0v) is 27.5. The summed E-state index contributed by atoms with van der Waals surface area (Å²) in [5, 5.41) is 30.7. The highest BCUT2D eigenvalue weighted by molar-refractivity contribution is 9.09. The summed E-state index contributed by atoms with van der Waals surface area (Å²) in [5.74, 6) is 0.400. The van der Waals surface area contributed by atoms with E-state index in [0.717, 1.165) is 68.7 Å². The molecule has 3 unspecified atom stereocenters. The molecule has 4 N–H and O–H groups in total. The van der Waals surface area contributed by atoms with E-state index in [4.69, 9.17) is 9.47 Å². The first-order chi connectivity index (χ1) is 20.5. The van der Waals surface area contributed by atoms with Gasteiger partial charge in [0.2, 0.25) is 11.8 Å². The van der Waals surface area contributed by atoms with Crippen LogP contribution in [-0.2, 0) is 23.9 Å². The zero-order chi connectivity index (χ0) is 30.8. The van der Waals surface area contributed by atoms with Crippen LogP contribution in [0, 0.1) is 34.5 Å². The maximum atomic E-state index is 12.4. The van der Waals surface area contributed by atoms with Crippen LogP contribution in [0.4, 0.5) is 0 Å². The number of aliphatic hydroxyl groups is 2. The number of alkyl halides is 1. The number of rotatable bonds is 12. The summed E-state index contributed by atoms with van der Waals surface area (Å²) in [6.45, 7) is 5.97. The van der Waals surface area contributed by atoms with E-state index in [0.29, 0.717) is 38.3 Å². The third-order valence-electron chi connectivity index (χ3n) is 12.3. The van der Waals surface area contributed by atoms with Gasteiger partial charge in [-0.15, -0.1) is 0 Å². The molecule has 5 rings (SSSR count). The Balaban J connectivity index is 1.09. The van der Waals surface area contributed by atoms with Gasteiger partial charge in [0, 0.05) is 36.3 Å². The summed E-state index contributed by atoms with van der Waals surface area (Å²) in [6.07, 6.45) is 10.8. The van der Waals surface area contributed by atoms with Gasteiger partial charge in [0.25, 0.3) is 0 Å². The Morgan fingerprint density at radius 1 is 1.02 bits per heavy atom. The number of hydrogen-bond donors (Lipinski definition) is 4. The van der Waals surface area contributed by atoms with Crippen molar-refractivity contribution in [1.82, 2.24) is 10.6 Å². The molecule has 5 aliphatic rings. The van der Waals surface area contributed by atoms with Crippen molar-refractivity contribution in [2.24, 2.45) is 34.5 Å². The molecule has 4 fully saturated rings. The lowest BCUT2D eigenvalue weighted by atomic mass is 9.42. The van der Waals surface area contributed by atoms with E-state index in [1.54, 1.807) is 6.08 Å². The normalized spacial score (nSPS) is 40.1. The van der Waals surface area contributed by atoms with Crippen molar-refractivity contribution in [3.63, 3.8) is 0 Å². The minimum absolute atomic E-state index is 0.0119. The van der Waals surface area contributed by atoms with E-state index < -0.39 is 17.1 Å². The Morgan fingerprint density at radius 3 is 2.56 bits per heavy atom. The number of cyclic esters (lactones) is 1. The van der Waals surface area contributed by atoms with Crippen LogP contribution in [0.2, 0.25) is 0 Å². The van der Waals surface area contributed by atoms with E-state index in [-0.39, 0.29) is 60.3 Å². The molecule has 0 saturated heterocycles. The van der Waals surface area contributed by atoms with Crippen LogP contribution < -0.4 is 10.6 Å². The van der Waals surface area contributed by atoms with Gasteiger partial charge in [-0.3, -0.25) is 9.59 Å². The summed E-state index contributed by atoms with van der Waals surface area (Å²) in [5.41, 5.74) is -0.719. The predicted molar refractivity (Wildman–Crippen MR) is 165 cm³/mol. The lowest BCUT2D eigenvalue weighted by Gasteiger charge is -2.65. The van der Waals surface area contributed by atoms with Gasteiger partial charge >= 0.3 is 5.97 Å². The highest BCUT2D eigenvalue weighted by Gasteiger charge is 2.70. The molecule has 0 aromatic carbocycles. The minimum Gasteiger partial charge on any atom is -0.458 e. The number of ether oxygens (including phenoxy) is 2. The van der Waals surface area contributed by atoms with Crippen molar-refractivity contribution in [3.05, 3.63) is 11.6 Å². The summed E-state index contributed by atoms with van der Waals surface area (Å²) in [6, 6.07) is 0. The molecule has 1 aliphatic heterocycles. The molecule has 4 saturated carbocycles. The van der Waals surface area contributed by atoms with E-state index in [2.05, 4.69) is 33.5 Å². The third kappa shape index (κ3) is 6.32. The molecule has 2 amide bonds. The van der Waals surface area contributed by atoms with Crippen LogP contribution in [0.1, 0.15) is 90.9 Å². The number of carbonyl (C=O) groups excluding carboxylic acids is 3. The number of fused-ring (bicyclic) bond motifs is 5. The molecule has 43 heavy (non-hydrogen) atoms. The quantitative estimate of drug-likeness (QED) is 0.141. The maximum Gasteiger partial charge on any atom is 0.331 e. The zero-order valence-electron chi connectivity index (χ0n) is 25.9. The lowest BCUT2D eigenvalue weighted by molar-refractivity contribution is -0.245. The second kappa shape index (κ2) is 13.5. The van der Waals surface area contributed by atoms with Crippen molar-refractivity contribution in [2.75, 3.05) is 31.6 Å². The number of halogens is 1. The van der Waals surface area contributed by atoms with Crippen LogP contribution in [0.15, 0.2) is 11.6 Å². The Morgan fingerprint density at radius 2 is 1.81 bits per heavy atom. The first-order valence-electron chi connectivity index (χ1n) is 16.5. The molecule has 10 heteroatoms. The van der Waals surface area contributed by atoms with Crippen LogP contribution in [0.3, 0.4) is 0 Å². The first-order valence-corrected chi connectivity index (χ1v) is 17.6. The van der Waals surface area contributed by atoms with Gasteiger partial charge in [0.1, 0.15) is 13.2 Å². The second-order valence-electron chi connectivity index (χ2n) is 14.3. The average molecular weight is 668 g/mol. The van der Waals surface area contributed by atoms with E-state index in [1.807, 2.05) is 6.92 Å². The van der Waals surface area contributed by atoms with Crippen molar-refractivity contribution >= 4 is 33.7 Å². The van der Waals surface area contributed by atoms with Gasteiger partial charge in [-0.05, 0) is 98.9 Å². The van der Waals surface area contributed by atoms with Gasteiger partial charge in [0.15, 0.2) is 0 Å². The summed E-state index contributed by atoms with van der Waals surface area (Å²) in [7, 11) is 0. The highest BCUT2D eigenvalue weighted by Crippen LogP contribution is 2.70. The molecular formula is C33H51BrN2O7. The molecule has 0 spiro atoms. The standard InChI is InChI=1S/C33H51BrN2O7/c1-31-11-9-23(42-20-29(39)35-14-5-3-4-6-28(38)36-15-13-34)17-22(31)7-8-25-26(31)18-27(37)32(2)24(10-12-33(25,32)41)21-16-30(40)43-19-21/h16,22-27,37,41H,3-15,17-20H2,1-2H3,(H,35,39)(H,36,38)/t22?,23-,24+,25?,26?,27+,31-,32-,33-/m0/s1. The van der Waals surface area contributed by atoms with Gasteiger partial charge in [-0.1, -0.05) is 36.2 Å². The Bertz CT molecular complexity index is 1090. The van der Waals surface area contributed by atoms with Crippen molar-refractivity contribution in [1.29, 1.82) is 0 Å². The SMILES string of the molecule is C[C@]12CC[C@H](OCC(=O)NCCCCCC(=O)NCCBr)CC1CCC1C2C[C@@H](O)[C@]2(C)[C@@H](C3=CC(=O)OC3)CC[C@]12O. The van der Waals surface area contributed by atoms with Crippen LogP contribution in [-0.4, -0.2) is 77.4 Å². The summed E-state index contributed by atoms with van der Waals surface area (Å²) >= 11 is 3.29. The highest BCUT2D eigenvalue weighted by atomic mass is 79.9. The largest absolute Gasteiger partial charge is 0.458 e. The number of esters is 1. The second-order valence-corrected chi connectivity index (χ2v) is 15.1. The van der Waals surface area contributed by atoms with Gasteiger partial charge in [-0.2, -0.15) is 0 Å². The summed E-state index contributed by atoms with van der Waals surface area (Å²) in [4.78, 5) is 35.9. The van der Waals surface area contributed by atoms with Crippen molar-refractivity contribution in [3.8, 4) is 0 Å². The fraction of sp³-hybridized carbons (Fsp3) is 0.848. The van der Waals surface area contributed by atoms with E-state index in [9.17, 15) is 24.6 Å². The van der Waals surface area contributed by atoms with Crippen LogP contribution in [0.5, 0.6) is 0 Å². The molecule has 242 valence electrons.